The minimum atomic E-state index is -1.60. The number of hydrogen-bond acceptors (Lipinski definition) is 15. The quantitative estimate of drug-likeness (QED) is 0.0288. The molecule has 0 aliphatic carbocycles. The van der Waals surface area contributed by atoms with E-state index in [0.29, 0.717) is 12.0 Å². The molecule has 2 heterocycles. The number of carbonyl (C=O) groups is 12. The van der Waals surface area contributed by atoms with Crippen molar-refractivity contribution >= 4 is 81.9 Å². The molecule has 4 rings (SSSR count). The lowest BCUT2D eigenvalue weighted by molar-refractivity contribution is -0.143. The molecule has 11 amide bonds. The molecule has 28 heteroatoms. The second-order valence-corrected chi connectivity index (χ2v) is 20.5. The Morgan fingerprint density at radius 1 is 0.667 bits per heavy atom. The zero-order valence-corrected chi connectivity index (χ0v) is 45.6. The maximum atomic E-state index is 14.3. The molecule has 0 radical (unpaired) electrons. The van der Waals surface area contributed by atoms with E-state index in [1.54, 1.807) is 33.9 Å². The molecule has 2 aromatic carbocycles. The number of phenolic OH excluding ortho intramolecular Hbond substituents is 1. The number of benzene rings is 2. The number of para-hydroxylation sites is 1. The van der Waals surface area contributed by atoms with Crippen LogP contribution in [0.3, 0.4) is 0 Å². The molecule has 1 fully saturated rings. The molecule has 1 aliphatic rings. The standard InChI is InChI=1S/C53H75N13O15/c1-27(2)20-38(53(80)81)60-43(71)24-58-47(74)39(26-67)61-44(72)25-59-51(78)40-10-7-19-66(40)52(79)45(28(3)4)65-49(76)36(16-18-42(56)70)62-48(75)35(15-17-41(55)69)63-50(77)37(21-29-11-13-31(68)14-12-29)64-46(73)33(54)22-30-23-57-34-9-6-5-8-32(30)34/h5-6,8-9,11-14,23,27-28,33,35-40,45,57,67-68H,7,10,15-22,24-26,54H2,1-4H3,(H2,55,69)(H2,56,70)(H,58,74)(H,59,78)(H,60,71)(H,61,72)(H,62,75)(H,63,77)(H,64,73)(H,65,76)(H,80,81)/t33-,35-,36-,37-,38-,39-,40-,45-/m0/s1. The number of amides is 11. The number of aromatic nitrogens is 1. The van der Waals surface area contributed by atoms with E-state index in [0.717, 1.165) is 16.5 Å². The number of hydrogen-bond donors (Lipinski definition) is 15. The number of likely N-dealkylation sites (tertiary alicyclic amines) is 1. The first-order chi connectivity index (χ1) is 38.3. The molecule has 81 heavy (non-hydrogen) atoms. The molecule has 0 unspecified atom stereocenters. The summed E-state index contributed by atoms with van der Waals surface area (Å²) in [6, 6.07) is 2.07. The van der Waals surface area contributed by atoms with Crippen LogP contribution in [0.15, 0.2) is 54.7 Å². The molecule has 0 bridgehead atoms. The van der Waals surface area contributed by atoms with Gasteiger partial charge in [0.1, 0.15) is 48.0 Å². The first-order valence-electron chi connectivity index (χ1n) is 26.4. The highest BCUT2D eigenvalue weighted by molar-refractivity contribution is 5.98. The maximum Gasteiger partial charge on any atom is 0.326 e. The average molecular weight is 1130 g/mol. The van der Waals surface area contributed by atoms with Gasteiger partial charge >= 0.3 is 5.97 Å². The predicted molar refractivity (Wildman–Crippen MR) is 290 cm³/mol. The van der Waals surface area contributed by atoms with Crippen molar-refractivity contribution in [2.75, 3.05) is 26.2 Å². The van der Waals surface area contributed by atoms with Crippen LogP contribution in [0.2, 0.25) is 0 Å². The van der Waals surface area contributed by atoms with Crippen molar-refractivity contribution in [3.05, 3.63) is 65.9 Å². The van der Waals surface area contributed by atoms with Crippen molar-refractivity contribution in [2.24, 2.45) is 29.0 Å². The molecule has 1 aliphatic heterocycles. The number of nitrogens with two attached hydrogens (primary N) is 3. The smallest absolute Gasteiger partial charge is 0.326 e. The Morgan fingerprint density at radius 3 is 1.79 bits per heavy atom. The summed E-state index contributed by atoms with van der Waals surface area (Å²) < 4.78 is 0. The summed E-state index contributed by atoms with van der Waals surface area (Å²) in [6.45, 7) is 4.43. The zero-order valence-electron chi connectivity index (χ0n) is 45.6. The van der Waals surface area contributed by atoms with Gasteiger partial charge in [-0.15, -0.1) is 0 Å². The van der Waals surface area contributed by atoms with Crippen molar-refractivity contribution in [1.29, 1.82) is 0 Å². The van der Waals surface area contributed by atoms with Crippen LogP contribution in [0.5, 0.6) is 5.75 Å². The monoisotopic (exact) mass is 1130 g/mol. The first kappa shape index (κ1) is 64.9. The number of primary amides is 2. The second kappa shape index (κ2) is 31.2. The number of nitrogens with zero attached hydrogens (tertiary/aromatic N) is 1. The maximum absolute atomic E-state index is 14.3. The van der Waals surface area contributed by atoms with Crippen LogP contribution >= 0.6 is 0 Å². The molecule has 8 atom stereocenters. The number of aliphatic hydroxyl groups is 1. The van der Waals surface area contributed by atoms with Gasteiger partial charge in [0, 0.05) is 42.9 Å². The van der Waals surface area contributed by atoms with E-state index in [1.165, 1.54) is 29.2 Å². The van der Waals surface area contributed by atoms with Gasteiger partial charge in [-0.3, -0.25) is 52.7 Å². The highest BCUT2D eigenvalue weighted by atomic mass is 16.4. The van der Waals surface area contributed by atoms with Crippen molar-refractivity contribution in [3.8, 4) is 5.75 Å². The van der Waals surface area contributed by atoms with E-state index in [2.05, 4.69) is 47.5 Å². The van der Waals surface area contributed by atoms with Crippen LogP contribution in [0.1, 0.15) is 83.8 Å². The third-order valence-electron chi connectivity index (χ3n) is 13.2. The lowest BCUT2D eigenvalue weighted by atomic mass is 10.00. The third kappa shape index (κ3) is 20.5. The van der Waals surface area contributed by atoms with Gasteiger partial charge in [-0.25, -0.2) is 4.79 Å². The summed E-state index contributed by atoms with van der Waals surface area (Å²) in [4.78, 5) is 162. The number of fused-ring (bicyclic) bond motifs is 1. The fraction of sp³-hybridized carbons (Fsp3) is 0.509. The Kier molecular flexibility index (Phi) is 25.0. The molecule has 1 saturated heterocycles. The van der Waals surface area contributed by atoms with Crippen LogP contribution in [-0.4, -0.2) is 171 Å². The van der Waals surface area contributed by atoms with E-state index >= 15 is 0 Å². The van der Waals surface area contributed by atoms with Gasteiger partial charge in [0.2, 0.25) is 65.0 Å². The number of aromatic amines is 1. The molecule has 0 saturated carbocycles. The van der Waals surface area contributed by atoms with Gasteiger partial charge in [0.05, 0.1) is 25.7 Å². The number of nitrogens with one attached hydrogen (secondary N) is 9. The highest BCUT2D eigenvalue weighted by Crippen LogP contribution is 2.22. The van der Waals surface area contributed by atoms with Crippen molar-refractivity contribution in [3.63, 3.8) is 0 Å². The van der Waals surface area contributed by atoms with E-state index in [9.17, 15) is 72.9 Å². The molecule has 28 nitrogen and oxygen atoms in total. The summed E-state index contributed by atoms with van der Waals surface area (Å²) in [5.41, 5.74) is 19.3. The Hall–Kier alpha value is -8.66. The number of carbonyl (C=O) groups excluding carboxylic acids is 11. The van der Waals surface area contributed by atoms with Crippen LogP contribution < -0.4 is 59.7 Å². The number of aliphatic carboxylic acids is 1. The average Bonchev–Trinajstić information content (AvgIpc) is 4.08. The van der Waals surface area contributed by atoms with E-state index in [4.69, 9.17) is 17.2 Å². The predicted octanol–water partition coefficient (Wildman–Crippen LogP) is -3.57. The summed E-state index contributed by atoms with van der Waals surface area (Å²) in [5.74, 6) is -11.7. The Bertz CT molecular complexity index is 2750. The van der Waals surface area contributed by atoms with Gasteiger partial charge in [-0.2, -0.15) is 0 Å². The summed E-state index contributed by atoms with van der Waals surface area (Å²) >= 11 is 0. The fourth-order valence-corrected chi connectivity index (χ4v) is 8.84. The Balaban J connectivity index is 1.44. The Labute approximate surface area is 466 Å². The molecule has 442 valence electrons. The molecule has 18 N–H and O–H groups in total. The van der Waals surface area contributed by atoms with Gasteiger partial charge in [-0.05, 0) is 79.7 Å². The Morgan fingerprint density at radius 2 is 1.22 bits per heavy atom. The molecular formula is C53H75N13O15. The fourth-order valence-electron chi connectivity index (χ4n) is 8.84. The van der Waals surface area contributed by atoms with Crippen molar-refractivity contribution in [2.45, 2.75) is 134 Å². The first-order valence-corrected chi connectivity index (χ1v) is 26.4. The number of aliphatic hydroxyl groups excluding tert-OH is 1. The molecule has 1 aromatic heterocycles. The van der Waals surface area contributed by atoms with Crippen molar-refractivity contribution in [1.82, 2.24) is 52.4 Å². The molecular weight excluding hydrogens is 1060 g/mol. The number of rotatable bonds is 32. The summed E-state index contributed by atoms with van der Waals surface area (Å²) in [5, 5.41) is 49.3. The number of carboxylic acid groups (broad SMARTS) is 1. The SMILES string of the molecule is CC(C)C[C@H](NC(=O)CNC(=O)[C@H](CO)NC(=O)CNC(=O)[C@@H]1CCCN1C(=O)[C@@H](NC(=O)[C@H](CCC(N)=O)NC(=O)[C@H](CCC(N)=O)NC(=O)[C@H](Cc1ccc(O)cc1)NC(=O)[C@@H](N)Cc1c[nH]c2ccccc12)C(C)C)C(=O)O. The van der Waals surface area contributed by atoms with Gasteiger partial charge in [-0.1, -0.05) is 58.0 Å². The zero-order chi connectivity index (χ0) is 60.1. The van der Waals surface area contributed by atoms with Gasteiger partial charge < -0.3 is 84.9 Å². The number of aromatic hydroxyl groups is 1. The van der Waals surface area contributed by atoms with Crippen LogP contribution in [0, 0.1) is 11.8 Å². The van der Waals surface area contributed by atoms with Gasteiger partial charge in [0.15, 0.2) is 0 Å². The minimum absolute atomic E-state index is 0.0422. The number of H-pyrrole nitrogens is 1. The van der Waals surface area contributed by atoms with E-state index in [-0.39, 0.29) is 43.9 Å². The number of carboxylic acids is 1. The lowest BCUT2D eigenvalue weighted by Gasteiger charge is -2.32. The topological polar surface area (TPSA) is 459 Å². The van der Waals surface area contributed by atoms with Crippen LogP contribution in [-0.2, 0) is 70.4 Å². The normalized spacial score (nSPS) is 15.7. The minimum Gasteiger partial charge on any atom is -0.508 e. The number of phenols is 1. The lowest BCUT2D eigenvalue weighted by Crippen LogP contribution is -2.60. The summed E-state index contributed by atoms with van der Waals surface area (Å²) in [7, 11) is 0. The third-order valence-corrected chi connectivity index (χ3v) is 13.2. The van der Waals surface area contributed by atoms with Crippen molar-refractivity contribution < 1.29 is 72.9 Å². The second-order valence-electron chi connectivity index (χ2n) is 20.5. The van der Waals surface area contributed by atoms with Gasteiger partial charge in [0.25, 0.3) is 0 Å². The van der Waals surface area contributed by atoms with Crippen LogP contribution in [0.25, 0.3) is 10.9 Å². The molecule has 3 aromatic rings. The largest absolute Gasteiger partial charge is 0.508 e. The van der Waals surface area contributed by atoms with Crippen LogP contribution in [0.4, 0.5) is 0 Å². The summed E-state index contributed by atoms with van der Waals surface area (Å²) in [6.07, 6.45) is 0.493. The highest BCUT2D eigenvalue weighted by Gasteiger charge is 2.40. The molecule has 0 spiro atoms. The van der Waals surface area contributed by atoms with E-state index < -0.39 is 171 Å². The van der Waals surface area contributed by atoms with E-state index in [1.807, 2.05) is 24.3 Å².